The van der Waals surface area contributed by atoms with Crippen LogP contribution >= 0.6 is 0 Å². The lowest BCUT2D eigenvalue weighted by Gasteiger charge is -2.16. The molecule has 0 aromatic rings. The molecule has 2 atom stereocenters. The third-order valence-electron chi connectivity index (χ3n) is 1.61. The van der Waals surface area contributed by atoms with Crippen LogP contribution in [0.3, 0.4) is 0 Å². The normalized spacial score (nSPS) is 14.9. The van der Waals surface area contributed by atoms with E-state index in [0.29, 0.717) is 0 Å². The summed E-state index contributed by atoms with van der Waals surface area (Å²) in [7, 11) is 1.39. The maximum Gasteiger partial charge on any atom is 0.322 e. The lowest BCUT2D eigenvalue weighted by molar-refractivity contribution is -0.142. The van der Waals surface area contributed by atoms with E-state index in [1.807, 2.05) is 13.0 Å². The number of rotatable bonds is 5. The van der Waals surface area contributed by atoms with Crippen LogP contribution in [0.5, 0.6) is 0 Å². The molecule has 0 fully saturated rings. The molecule has 0 aromatic heterocycles. The van der Waals surface area contributed by atoms with Crippen molar-refractivity contribution in [3.05, 3.63) is 12.7 Å². The standard InChI is InChI=1S/C9H17NO2/c1-5-6-7(2)10-8(3)9(11)12-4/h5,7-8,10H,1,6H2,2-4H3. The van der Waals surface area contributed by atoms with Crippen LogP contribution in [0, 0.1) is 0 Å². The fourth-order valence-corrected chi connectivity index (χ4v) is 0.990. The first-order chi connectivity index (χ1) is 5.61. The number of methoxy groups -OCH3 is 1. The maximum absolute atomic E-state index is 10.9. The Bertz CT molecular complexity index is 157. The van der Waals surface area contributed by atoms with Crippen LogP contribution in [0.4, 0.5) is 0 Å². The average molecular weight is 171 g/mol. The van der Waals surface area contributed by atoms with Gasteiger partial charge in [0.25, 0.3) is 0 Å². The Morgan fingerprint density at radius 1 is 1.67 bits per heavy atom. The van der Waals surface area contributed by atoms with Crippen molar-refractivity contribution in [1.82, 2.24) is 5.32 Å². The number of esters is 1. The molecule has 12 heavy (non-hydrogen) atoms. The van der Waals surface area contributed by atoms with Crippen LogP contribution in [0.2, 0.25) is 0 Å². The molecule has 0 radical (unpaired) electrons. The zero-order valence-corrected chi connectivity index (χ0v) is 7.96. The maximum atomic E-state index is 10.9. The first-order valence-electron chi connectivity index (χ1n) is 4.06. The molecule has 0 aliphatic carbocycles. The molecule has 0 saturated carbocycles. The molecule has 3 heteroatoms. The predicted molar refractivity (Wildman–Crippen MR) is 48.9 cm³/mol. The van der Waals surface area contributed by atoms with Crippen molar-refractivity contribution in [3.63, 3.8) is 0 Å². The van der Waals surface area contributed by atoms with Gasteiger partial charge in [0.15, 0.2) is 0 Å². The predicted octanol–water partition coefficient (Wildman–Crippen LogP) is 1.10. The van der Waals surface area contributed by atoms with Gasteiger partial charge in [0, 0.05) is 6.04 Å². The molecule has 0 aromatic carbocycles. The van der Waals surface area contributed by atoms with Gasteiger partial charge in [-0.15, -0.1) is 6.58 Å². The van der Waals surface area contributed by atoms with Gasteiger partial charge in [-0.3, -0.25) is 4.79 Å². The summed E-state index contributed by atoms with van der Waals surface area (Å²) in [5.74, 6) is -0.231. The van der Waals surface area contributed by atoms with Gasteiger partial charge in [-0.25, -0.2) is 0 Å². The lowest BCUT2D eigenvalue weighted by atomic mass is 10.2. The summed E-state index contributed by atoms with van der Waals surface area (Å²) in [6, 6.07) is 0.0153. The number of ether oxygens (including phenoxy) is 1. The van der Waals surface area contributed by atoms with Crippen molar-refractivity contribution in [3.8, 4) is 0 Å². The SMILES string of the molecule is C=CCC(C)NC(C)C(=O)OC. The number of carbonyl (C=O) groups excluding carboxylic acids is 1. The summed E-state index contributed by atoms with van der Waals surface area (Å²) >= 11 is 0. The average Bonchev–Trinajstić information content (AvgIpc) is 2.03. The van der Waals surface area contributed by atoms with Crippen LogP contribution in [-0.4, -0.2) is 25.2 Å². The lowest BCUT2D eigenvalue weighted by Crippen LogP contribution is -2.40. The molecule has 0 spiro atoms. The number of hydrogen-bond acceptors (Lipinski definition) is 3. The Morgan fingerprint density at radius 2 is 2.25 bits per heavy atom. The second kappa shape index (κ2) is 5.77. The molecular formula is C9H17NO2. The van der Waals surface area contributed by atoms with Crippen molar-refractivity contribution in [2.75, 3.05) is 7.11 Å². The van der Waals surface area contributed by atoms with E-state index in [1.54, 1.807) is 6.92 Å². The Hall–Kier alpha value is -0.830. The zero-order chi connectivity index (χ0) is 9.56. The highest BCUT2D eigenvalue weighted by Gasteiger charge is 2.13. The third kappa shape index (κ3) is 4.13. The minimum Gasteiger partial charge on any atom is -0.468 e. The summed E-state index contributed by atoms with van der Waals surface area (Å²) in [6.07, 6.45) is 2.67. The molecule has 0 heterocycles. The van der Waals surface area contributed by atoms with Gasteiger partial charge in [0.2, 0.25) is 0 Å². The molecule has 0 rings (SSSR count). The monoisotopic (exact) mass is 171 g/mol. The summed E-state index contributed by atoms with van der Waals surface area (Å²) < 4.78 is 4.56. The van der Waals surface area contributed by atoms with E-state index in [-0.39, 0.29) is 18.1 Å². The highest BCUT2D eigenvalue weighted by Crippen LogP contribution is 1.94. The summed E-state index contributed by atoms with van der Waals surface area (Å²) in [5, 5.41) is 3.09. The first-order valence-corrected chi connectivity index (χ1v) is 4.06. The largest absolute Gasteiger partial charge is 0.468 e. The highest BCUT2D eigenvalue weighted by molar-refractivity contribution is 5.75. The zero-order valence-electron chi connectivity index (χ0n) is 7.96. The summed E-state index contributed by atoms with van der Waals surface area (Å²) in [5.41, 5.74) is 0. The van der Waals surface area contributed by atoms with Crippen LogP contribution < -0.4 is 5.32 Å². The van der Waals surface area contributed by atoms with Crippen molar-refractivity contribution in [1.29, 1.82) is 0 Å². The van der Waals surface area contributed by atoms with Gasteiger partial charge >= 0.3 is 5.97 Å². The van der Waals surface area contributed by atoms with Crippen molar-refractivity contribution < 1.29 is 9.53 Å². The van der Waals surface area contributed by atoms with Crippen molar-refractivity contribution >= 4 is 5.97 Å². The Kier molecular flexibility index (Phi) is 5.37. The third-order valence-corrected chi connectivity index (χ3v) is 1.61. The Morgan fingerprint density at radius 3 is 2.67 bits per heavy atom. The number of hydrogen-bond donors (Lipinski definition) is 1. The molecule has 0 saturated heterocycles. The summed E-state index contributed by atoms with van der Waals surface area (Å²) in [6.45, 7) is 7.40. The molecular weight excluding hydrogens is 154 g/mol. The minimum absolute atomic E-state index is 0.231. The van der Waals surface area contributed by atoms with E-state index in [1.165, 1.54) is 7.11 Å². The van der Waals surface area contributed by atoms with E-state index in [0.717, 1.165) is 6.42 Å². The van der Waals surface area contributed by atoms with Crippen molar-refractivity contribution in [2.45, 2.75) is 32.4 Å². The van der Waals surface area contributed by atoms with Gasteiger partial charge in [-0.2, -0.15) is 0 Å². The Labute approximate surface area is 73.8 Å². The minimum atomic E-state index is -0.245. The molecule has 2 unspecified atom stereocenters. The van der Waals surface area contributed by atoms with Crippen LogP contribution in [-0.2, 0) is 9.53 Å². The van der Waals surface area contributed by atoms with Gasteiger partial charge in [-0.05, 0) is 20.3 Å². The molecule has 3 nitrogen and oxygen atoms in total. The Balaban J connectivity index is 3.74. The number of nitrogens with one attached hydrogen (secondary N) is 1. The quantitative estimate of drug-likeness (QED) is 0.497. The van der Waals surface area contributed by atoms with Gasteiger partial charge in [0.05, 0.1) is 7.11 Å². The summed E-state index contributed by atoms with van der Waals surface area (Å²) in [4.78, 5) is 10.9. The molecule has 0 bridgehead atoms. The fraction of sp³-hybridized carbons (Fsp3) is 0.667. The molecule has 70 valence electrons. The number of carbonyl (C=O) groups is 1. The molecule has 0 aliphatic heterocycles. The van der Waals surface area contributed by atoms with Gasteiger partial charge in [0.1, 0.15) is 6.04 Å². The molecule has 0 amide bonds. The smallest absolute Gasteiger partial charge is 0.322 e. The van der Waals surface area contributed by atoms with Crippen LogP contribution in [0.15, 0.2) is 12.7 Å². The van der Waals surface area contributed by atoms with E-state index >= 15 is 0 Å². The second-order valence-electron chi connectivity index (χ2n) is 2.84. The van der Waals surface area contributed by atoms with Gasteiger partial charge in [-0.1, -0.05) is 6.08 Å². The van der Waals surface area contributed by atoms with E-state index in [4.69, 9.17) is 0 Å². The van der Waals surface area contributed by atoms with Gasteiger partial charge < -0.3 is 10.1 Å². The first kappa shape index (κ1) is 11.2. The second-order valence-corrected chi connectivity index (χ2v) is 2.84. The highest BCUT2D eigenvalue weighted by atomic mass is 16.5. The van der Waals surface area contributed by atoms with E-state index in [2.05, 4.69) is 16.6 Å². The molecule has 0 aliphatic rings. The van der Waals surface area contributed by atoms with Crippen molar-refractivity contribution in [2.24, 2.45) is 0 Å². The topological polar surface area (TPSA) is 38.3 Å². The van der Waals surface area contributed by atoms with Crippen LogP contribution in [0.25, 0.3) is 0 Å². The van der Waals surface area contributed by atoms with E-state index in [9.17, 15) is 4.79 Å². The van der Waals surface area contributed by atoms with Crippen LogP contribution in [0.1, 0.15) is 20.3 Å². The molecule has 1 N–H and O–H groups in total. The van der Waals surface area contributed by atoms with E-state index < -0.39 is 0 Å². The fourth-order valence-electron chi connectivity index (χ4n) is 0.990.